The maximum absolute atomic E-state index is 5.63. The fourth-order valence-electron chi connectivity index (χ4n) is 1.37. The van der Waals surface area contributed by atoms with E-state index in [0.29, 0.717) is 12.4 Å². The molecule has 0 saturated heterocycles. The number of thiophene rings is 1. The molecular weight excluding hydrogens is 224 g/mol. The highest BCUT2D eigenvalue weighted by Gasteiger charge is 2.12. The number of nitrogens with one attached hydrogen (secondary N) is 1. The molecule has 0 atom stereocenters. The van der Waals surface area contributed by atoms with Gasteiger partial charge in [0.1, 0.15) is 10.6 Å². The van der Waals surface area contributed by atoms with E-state index in [4.69, 9.17) is 9.15 Å². The van der Waals surface area contributed by atoms with E-state index in [9.17, 15) is 0 Å². The Bertz CT molecular complexity index is 450. The van der Waals surface area contributed by atoms with Gasteiger partial charge in [-0.25, -0.2) is 4.98 Å². The molecular formula is C11H14N2O2S. The van der Waals surface area contributed by atoms with Crippen molar-refractivity contribution >= 4 is 11.3 Å². The normalized spacial score (nSPS) is 10.6. The molecule has 0 fully saturated rings. The quantitative estimate of drug-likeness (QED) is 0.869. The molecule has 0 aliphatic rings. The van der Waals surface area contributed by atoms with E-state index in [1.54, 1.807) is 24.6 Å². The average Bonchev–Trinajstić information content (AvgIpc) is 2.94. The second-order valence-electron chi connectivity index (χ2n) is 3.22. The Kier molecular flexibility index (Phi) is 3.58. The number of nitrogens with zero attached hydrogens (tertiary/aromatic N) is 1. The molecule has 1 N–H and O–H groups in total. The van der Waals surface area contributed by atoms with Crippen molar-refractivity contribution in [3.63, 3.8) is 0 Å². The number of hydrogen-bond acceptors (Lipinski definition) is 5. The number of aromatic nitrogens is 1. The van der Waals surface area contributed by atoms with Crippen LogP contribution in [0.15, 0.2) is 22.1 Å². The summed E-state index contributed by atoms with van der Waals surface area (Å²) < 4.78 is 10.9. The fraction of sp³-hybridized carbons (Fsp3) is 0.364. The fourth-order valence-corrected chi connectivity index (χ4v) is 2.17. The van der Waals surface area contributed by atoms with Gasteiger partial charge in [0.05, 0.1) is 19.9 Å². The number of oxazole rings is 1. The summed E-state index contributed by atoms with van der Waals surface area (Å²) >= 11 is 1.59. The third-order valence-corrected chi connectivity index (χ3v) is 3.06. The van der Waals surface area contributed by atoms with Gasteiger partial charge in [-0.1, -0.05) is 6.92 Å². The van der Waals surface area contributed by atoms with E-state index in [0.717, 1.165) is 22.9 Å². The van der Waals surface area contributed by atoms with E-state index in [1.165, 1.54) is 0 Å². The number of hydrogen-bond donors (Lipinski definition) is 1. The first-order valence-corrected chi connectivity index (χ1v) is 6.00. The zero-order valence-electron chi connectivity index (χ0n) is 9.32. The summed E-state index contributed by atoms with van der Waals surface area (Å²) in [4.78, 5) is 5.19. The minimum Gasteiger partial charge on any atom is -0.495 e. The van der Waals surface area contributed by atoms with E-state index in [1.807, 2.05) is 18.4 Å². The Balaban J connectivity index is 2.18. The van der Waals surface area contributed by atoms with Gasteiger partial charge in [-0.05, 0) is 18.0 Å². The minimum absolute atomic E-state index is 0.657. The minimum atomic E-state index is 0.657. The SMILES string of the molecule is CCNCc1ncc(-c2sccc2OC)o1. The molecule has 0 radical (unpaired) electrons. The molecule has 0 aliphatic heterocycles. The predicted molar refractivity (Wildman–Crippen MR) is 63.7 cm³/mol. The van der Waals surface area contributed by atoms with E-state index >= 15 is 0 Å². The van der Waals surface area contributed by atoms with Gasteiger partial charge in [0.2, 0.25) is 5.89 Å². The van der Waals surface area contributed by atoms with Crippen LogP contribution in [0.25, 0.3) is 10.6 Å². The Morgan fingerprint density at radius 2 is 2.44 bits per heavy atom. The lowest BCUT2D eigenvalue weighted by Gasteiger charge is -1.98. The van der Waals surface area contributed by atoms with Gasteiger partial charge >= 0.3 is 0 Å². The zero-order chi connectivity index (χ0) is 11.4. The van der Waals surface area contributed by atoms with Crippen LogP contribution in [0, 0.1) is 0 Å². The van der Waals surface area contributed by atoms with Crippen molar-refractivity contribution in [2.75, 3.05) is 13.7 Å². The summed E-state index contributed by atoms with van der Waals surface area (Å²) in [6.07, 6.45) is 1.74. The van der Waals surface area contributed by atoms with Crippen molar-refractivity contribution in [3.05, 3.63) is 23.5 Å². The van der Waals surface area contributed by atoms with Crippen LogP contribution in [0.5, 0.6) is 5.75 Å². The molecule has 0 bridgehead atoms. The van der Waals surface area contributed by atoms with Crippen molar-refractivity contribution in [1.29, 1.82) is 0 Å². The molecule has 86 valence electrons. The predicted octanol–water partition coefficient (Wildman–Crippen LogP) is 2.52. The molecule has 0 aliphatic carbocycles. The van der Waals surface area contributed by atoms with Gasteiger partial charge < -0.3 is 14.5 Å². The molecule has 2 aromatic rings. The first-order chi connectivity index (χ1) is 7.85. The zero-order valence-corrected chi connectivity index (χ0v) is 10.1. The molecule has 0 aromatic carbocycles. The summed E-state index contributed by atoms with van der Waals surface area (Å²) in [5, 5.41) is 5.14. The van der Waals surface area contributed by atoms with E-state index in [2.05, 4.69) is 10.3 Å². The molecule has 0 spiro atoms. The van der Waals surface area contributed by atoms with Crippen molar-refractivity contribution in [2.24, 2.45) is 0 Å². The lowest BCUT2D eigenvalue weighted by molar-refractivity contribution is 0.415. The number of ether oxygens (including phenoxy) is 1. The summed E-state index contributed by atoms with van der Waals surface area (Å²) in [5.74, 6) is 2.29. The van der Waals surface area contributed by atoms with Gasteiger partial charge in [-0.15, -0.1) is 11.3 Å². The molecule has 4 nitrogen and oxygen atoms in total. The second-order valence-corrected chi connectivity index (χ2v) is 4.13. The summed E-state index contributed by atoms with van der Waals surface area (Å²) in [6.45, 7) is 3.61. The molecule has 16 heavy (non-hydrogen) atoms. The number of methoxy groups -OCH3 is 1. The van der Waals surface area contributed by atoms with Gasteiger partial charge in [-0.3, -0.25) is 0 Å². The largest absolute Gasteiger partial charge is 0.495 e. The van der Waals surface area contributed by atoms with Gasteiger partial charge in [-0.2, -0.15) is 0 Å². The van der Waals surface area contributed by atoms with Crippen molar-refractivity contribution in [3.8, 4) is 16.4 Å². The van der Waals surface area contributed by atoms with Crippen LogP contribution in [0.1, 0.15) is 12.8 Å². The first-order valence-electron chi connectivity index (χ1n) is 5.12. The molecule has 0 amide bonds. The van der Waals surface area contributed by atoms with Crippen LogP contribution in [0.3, 0.4) is 0 Å². The highest BCUT2D eigenvalue weighted by molar-refractivity contribution is 7.13. The van der Waals surface area contributed by atoms with Crippen molar-refractivity contribution in [2.45, 2.75) is 13.5 Å². The lowest BCUT2D eigenvalue weighted by Crippen LogP contribution is -2.11. The third-order valence-electron chi connectivity index (χ3n) is 2.15. The van der Waals surface area contributed by atoms with Gasteiger partial charge in [0.25, 0.3) is 0 Å². The highest BCUT2D eigenvalue weighted by Crippen LogP contribution is 2.35. The van der Waals surface area contributed by atoms with Crippen LogP contribution in [-0.2, 0) is 6.54 Å². The van der Waals surface area contributed by atoms with Crippen LogP contribution >= 0.6 is 11.3 Å². The number of rotatable bonds is 5. The summed E-state index contributed by atoms with van der Waals surface area (Å²) in [6, 6.07) is 1.92. The van der Waals surface area contributed by atoms with Crippen molar-refractivity contribution in [1.82, 2.24) is 10.3 Å². The lowest BCUT2D eigenvalue weighted by atomic mass is 10.4. The molecule has 2 heterocycles. The highest BCUT2D eigenvalue weighted by atomic mass is 32.1. The van der Waals surface area contributed by atoms with Crippen LogP contribution in [0.4, 0.5) is 0 Å². The molecule has 0 unspecified atom stereocenters. The van der Waals surface area contributed by atoms with Crippen LogP contribution in [0.2, 0.25) is 0 Å². The Morgan fingerprint density at radius 3 is 3.19 bits per heavy atom. The van der Waals surface area contributed by atoms with Crippen LogP contribution in [-0.4, -0.2) is 18.6 Å². The summed E-state index contributed by atoms with van der Waals surface area (Å²) in [7, 11) is 1.65. The van der Waals surface area contributed by atoms with E-state index < -0.39 is 0 Å². The van der Waals surface area contributed by atoms with Gasteiger partial charge in [0, 0.05) is 0 Å². The standard InChI is InChI=1S/C11H14N2O2S/c1-3-12-7-10-13-6-9(15-10)11-8(14-2)4-5-16-11/h4-6,12H,3,7H2,1-2H3. The average molecular weight is 238 g/mol. The molecule has 0 saturated carbocycles. The molecule has 2 rings (SSSR count). The monoisotopic (exact) mass is 238 g/mol. The molecule has 2 aromatic heterocycles. The second kappa shape index (κ2) is 5.14. The van der Waals surface area contributed by atoms with Crippen molar-refractivity contribution < 1.29 is 9.15 Å². The maximum atomic E-state index is 5.63. The van der Waals surface area contributed by atoms with Gasteiger partial charge in [0.15, 0.2) is 5.76 Å². The summed E-state index contributed by atoms with van der Waals surface area (Å²) in [5.41, 5.74) is 0. The Labute approximate surface area is 98.3 Å². The first kappa shape index (κ1) is 11.2. The third kappa shape index (κ3) is 2.25. The smallest absolute Gasteiger partial charge is 0.208 e. The topological polar surface area (TPSA) is 47.3 Å². The van der Waals surface area contributed by atoms with Crippen LogP contribution < -0.4 is 10.1 Å². The Hall–Kier alpha value is -1.33. The van der Waals surface area contributed by atoms with E-state index in [-0.39, 0.29) is 0 Å². The molecule has 5 heteroatoms. The maximum Gasteiger partial charge on any atom is 0.208 e. The Morgan fingerprint density at radius 1 is 1.56 bits per heavy atom.